The lowest BCUT2D eigenvalue weighted by atomic mass is 9.90. The maximum Gasteiger partial charge on any atom is 0.255 e. The lowest BCUT2D eigenvalue weighted by molar-refractivity contribution is -0.131. The van der Waals surface area contributed by atoms with Crippen molar-refractivity contribution in [2.45, 2.75) is 37.9 Å². The number of hydrogen-bond donors (Lipinski definition) is 3. The van der Waals surface area contributed by atoms with Crippen molar-refractivity contribution >= 4 is 28.6 Å². The zero-order valence-corrected chi connectivity index (χ0v) is 20.8. The first-order valence-electron chi connectivity index (χ1n) is 12.8. The Morgan fingerprint density at radius 2 is 1.79 bits per heavy atom. The van der Waals surface area contributed by atoms with E-state index in [9.17, 15) is 18.8 Å². The SMILES string of the molecule is C[C@H](NC(=O)[C@@H]1Cc2c([nH]c3ccccc23)[C@@H]2c3ccccc3C(=O)N21)C(=O)NCCc1ccccc1F. The summed E-state index contributed by atoms with van der Waals surface area (Å²) in [7, 11) is 0. The summed E-state index contributed by atoms with van der Waals surface area (Å²) in [6, 6.07) is 19.8. The van der Waals surface area contributed by atoms with Crippen molar-refractivity contribution in [3.05, 3.63) is 107 Å². The monoisotopic (exact) mass is 510 g/mol. The molecule has 3 atom stereocenters. The molecule has 2 aliphatic rings. The quantitative estimate of drug-likeness (QED) is 0.370. The Balaban J connectivity index is 1.23. The predicted octanol–water partition coefficient (Wildman–Crippen LogP) is 3.64. The molecule has 1 aromatic heterocycles. The number of aromatic nitrogens is 1. The molecule has 38 heavy (non-hydrogen) atoms. The van der Waals surface area contributed by atoms with Gasteiger partial charge in [-0.1, -0.05) is 54.6 Å². The Hall–Kier alpha value is -4.46. The van der Waals surface area contributed by atoms with E-state index in [4.69, 9.17) is 0 Å². The van der Waals surface area contributed by atoms with Crippen LogP contribution < -0.4 is 10.6 Å². The molecule has 0 aliphatic carbocycles. The third-order valence-electron chi connectivity index (χ3n) is 7.56. The molecule has 0 radical (unpaired) electrons. The molecular formula is C30H27FN4O3. The first-order valence-corrected chi connectivity index (χ1v) is 12.8. The highest BCUT2D eigenvalue weighted by Gasteiger charge is 2.49. The minimum Gasteiger partial charge on any atom is -0.356 e. The van der Waals surface area contributed by atoms with Crippen LogP contribution in [0.15, 0.2) is 72.8 Å². The molecule has 2 aliphatic heterocycles. The van der Waals surface area contributed by atoms with Crippen LogP contribution in [0.5, 0.6) is 0 Å². The summed E-state index contributed by atoms with van der Waals surface area (Å²) in [5.41, 5.74) is 4.85. The lowest BCUT2D eigenvalue weighted by Crippen LogP contribution is -2.56. The highest BCUT2D eigenvalue weighted by Crippen LogP contribution is 2.46. The van der Waals surface area contributed by atoms with E-state index in [0.717, 1.165) is 27.7 Å². The summed E-state index contributed by atoms with van der Waals surface area (Å²) in [5, 5.41) is 6.60. The van der Waals surface area contributed by atoms with Gasteiger partial charge in [0.25, 0.3) is 5.91 Å². The summed E-state index contributed by atoms with van der Waals surface area (Å²) < 4.78 is 13.9. The van der Waals surface area contributed by atoms with E-state index in [1.165, 1.54) is 6.07 Å². The summed E-state index contributed by atoms with van der Waals surface area (Å²) in [6.45, 7) is 1.85. The van der Waals surface area contributed by atoms with Gasteiger partial charge in [0, 0.05) is 35.1 Å². The lowest BCUT2D eigenvalue weighted by Gasteiger charge is -2.37. The molecule has 0 saturated heterocycles. The molecule has 0 saturated carbocycles. The second-order valence-electron chi connectivity index (χ2n) is 9.85. The van der Waals surface area contributed by atoms with E-state index >= 15 is 0 Å². The zero-order chi connectivity index (χ0) is 26.4. The molecule has 192 valence electrons. The average molecular weight is 511 g/mol. The third-order valence-corrected chi connectivity index (χ3v) is 7.56. The topological polar surface area (TPSA) is 94.3 Å². The van der Waals surface area contributed by atoms with Crippen molar-refractivity contribution in [3.8, 4) is 0 Å². The van der Waals surface area contributed by atoms with Gasteiger partial charge in [-0.3, -0.25) is 14.4 Å². The van der Waals surface area contributed by atoms with Crippen LogP contribution in [-0.2, 0) is 22.4 Å². The Morgan fingerprint density at radius 1 is 1.05 bits per heavy atom. The van der Waals surface area contributed by atoms with E-state index in [1.807, 2.05) is 42.5 Å². The van der Waals surface area contributed by atoms with E-state index in [1.54, 1.807) is 36.1 Å². The Labute approximate surface area is 219 Å². The van der Waals surface area contributed by atoms with Crippen LogP contribution in [-0.4, -0.2) is 46.2 Å². The molecule has 3 N–H and O–H groups in total. The summed E-state index contributed by atoms with van der Waals surface area (Å²) in [5.74, 6) is -1.27. The van der Waals surface area contributed by atoms with E-state index in [2.05, 4.69) is 15.6 Å². The number of aromatic amines is 1. The molecule has 0 spiro atoms. The van der Waals surface area contributed by atoms with Crippen LogP contribution in [0.1, 0.15) is 45.7 Å². The van der Waals surface area contributed by atoms with Crippen molar-refractivity contribution in [1.29, 1.82) is 0 Å². The van der Waals surface area contributed by atoms with Gasteiger partial charge in [-0.25, -0.2) is 4.39 Å². The number of amides is 3. The fraction of sp³-hybridized carbons (Fsp3) is 0.233. The van der Waals surface area contributed by atoms with Crippen molar-refractivity contribution in [2.75, 3.05) is 6.54 Å². The van der Waals surface area contributed by atoms with Crippen molar-refractivity contribution in [2.24, 2.45) is 0 Å². The number of nitrogens with zero attached hydrogens (tertiary/aromatic N) is 1. The van der Waals surface area contributed by atoms with Crippen molar-refractivity contribution in [3.63, 3.8) is 0 Å². The Morgan fingerprint density at radius 3 is 2.63 bits per heavy atom. The third kappa shape index (κ3) is 3.93. The summed E-state index contributed by atoms with van der Waals surface area (Å²) in [6.07, 6.45) is 0.677. The number of H-pyrrole nitrogens is 1. The summed E-state index contributed by atoms with van der Waals surface area (Å²) in [4.78, 5) is 45.0. The fourth-order valence-electron chi connectivity index (χ4n) is 5.69. The number of carbonyl (C=O) groups is 3. The van der Waals surface area contributed by atoms with E-state index in [-0.39, 0.29) is 30.1 Å². The Kier molecular flexibility index (Phi) is 5.94. The van der Waals surface area contributed by atoms with Gasteiger partial charge in [0.1, 0.15) is 17.9 Å². The fourth-order valence-corrected chi connectivity index (χ4v) is 5.69. The smallest absolute Gasteiger partial charge is 0.255 e. The van der Waals surface area contributed by atoms with Gasteiger partial charge in [-0.2, -0.15) is 0 Å². The normalized spacial score (nSPS) is 18.5. The summed E-state index contributed by atoms with van der Waals surface area (Å²) >= 11 is 0. The number of nitrogens with one attached hydrogen (secondary N) is 3. The van der Waals surface area contributed by atoms with E-state index < -0.39 is 18.1 Å². The number of rotatable bonds is 6. The molecule has 3 heterocycles. The van der Waals surface area contributed by atoms with Crippen LogP contribution in [0.25, 0.3) is 10.9 Å². The highest BCUT2D eigenvalue weighted by atomic mass is 19.1. The predicted molar refractivity (Wildman–Crippen MR) is 141 cm³/mol. The van der Waals surface area contributed by atoms with Gasteiger partial charge < -0.3 is 20.5 Å². The molecule has 3 aromatic carbocycles. The molecule has 8 heteroatoms. The first-order chi connectivity index (χ1) is 18.4. The first kappa shape index (κ1) is 23.9. The molecule has 4 aromatic rings. The second kappa shape index (κ2) is 9.45. The number of para-hydroxylation sites is 1. The average Bonchev–Trinajstić information content (AvgIpc) is 3.44. The van der Waals surface area contributed by atoms with Gasteiger partial charge in [0.15, 0.2) is 0 Å². The second-order valence-corrected chi connectivity index (χ2v) is 9.85. The minimum atomic E-state index is -0.828. The molecule has 7 nitrogen and oxygen atoms in total. The largest absolute Gasteiger partial charge is 0.356 e. The van der Waals surface area contributed by atoms with Gasteiger partial charge in [0.2, 0.25) is 11.8 Å². The minimum absolute atomic E-state index is 0.197. The molecule has 6 rings (SSSR count). The van der Waals surface area contributed by atoms with Crippen LogP contribution in [0, 0.1) is 5.82 Å². The van der Waals surface area contributed by atoms with Gasteiger partial charge in [-0.15, -0.1) is 0 Å². The van der Waals surface area contributed by atoms with E-state index in [0.29, 0.717) is 24.0 Å². The number of halogens is 1. The van der Waals surface area contributed by atoms with Crippen molar-refractivity contribution in [1.82, 2.24) is 20.5 Å². The maximum atomic E-state index is 13.9. The number of benzene rings is 3. The zero-order valence-electron chi connectivity index (χ0n) is 20.8. The van der Waals surface area contributed by atoms with Crippen molar-refractivity contribution < 1.29 is 18.8 Å². The van der Waals surface area contributed by atoms with Crippen LogP contribution in [0.4, 0.5) is 4.39 Å². The molecule has 0 bridgehead atoms. The van der Waals surface area contributed by atoms with Crippen LogP contribution >= 0.6 is 0 Å². The number of fused-ring (bicyclic) bond motifs is 7. The molecule has 0 unspecified atom stereocenters. The van der Waals surface area contributed by atoms with Crippen LogP contribution in [0.2, 0.25) is 0 Å². The number of carbonyl (C=O) groups excluding carboxylic acids is 3. The molecule has 3 amide bonds. The van der Waals surface area contributed by atoms with Gasteiger partial charge in [-0.05, 0) is 48.2 Å². The van der Waals surface area contributed by atoms with Gasteiger partial charge >= 0.3 is 0 Å². The maximum absolute atomic E-state index is 13.9. The van der Waals surface area contributed by atoms with Crippen LogP contribution in [0.3, 0.4) is 0 Å². The Bertz CT molecular complexity index is 1580. The highest BCUT2D eigenvalue weighted by molar-refractivity contribution is 6.04. The standard InChI is InChI=1S/C30H27FN4O3/c1-17(28(36)32-15-14-18-8-2-6-12-23(18)31)33-29(37)25-16-22-19-9-5-7-13-24(19)34-26(22)27-20-10-3-4-11-21(20)30(38)35(25)27/h2-13,17,25,27,34H,14-16H2,1H3,(H,32,36)(H,33,37)/t17-,25-,27-/m0/s1. The molecular weight excluding hydrogens is 483 g/mol. The molecule has 0 fully saturated rings. The number of hydrogen-bond acceptors (Lipinski definition) is 3. The van der Waals surface area contributed by atoms with Gasteiger partial charge in [0.05, 0.1) is 6.04 Å².